The summed E-state index contributed by atoms with van der Waals surface area (Å²) in [6.45, 7) is 2.39. The molecule has 0 spiro atoms. The van der Waals surface area contributed by atoms with Crippen molar-refractivity contribution in [3.8, 4) is 5.75 Å². The number of nitrogens with zero attached hydrogens (tertiary/aromatic N) is 2. The normalized spacial score (nSPS) is 10.9. The number of rotatable bonds is 8. The number of carbonyl (C=O) groups excluding carboxylic acids is 2. The number of ether oxygens (including phenoxy) is 2. The third-order valence-corrected chi connectivity index (χ3v) is 4.76. The number of imidazole rings is 1. The number of nitrogens with one attached hydrogen (secondary N) is 1. The van der Waals surface area contributed by atoms with Crippen molar-refractivity contribution < 1.29 is 19.1 Å². The summed E-state index contributed by atoms with van der Waals surface area (Å²) in [5, 5.41) is 2.86. The molecular weight excluding hydrogens is 418 g/mol. The van der Waals surface area contributed by atoms with Gasteiger partial charge in [0, 0.05) is 29.7 Å². The molecule has 0 atom stereocenters. The van der Waals surface area contributed by atoms with E-state index in [-0.39, 0.29) is 5.91 Å². The predicted molar refractivity (Wildman–Crippen MR) is 126 cm³/mol. The van der Waals surface area contributed by atoms with E-state index in [2.05, 4.69) is 10.3 Å². The highest BCUT2D eigenvalue weighted by Crippen LogP contribution is 2.18. The molecule has 2 aromatic heterocycles. The van der Waals surface area contributed by atoms with Crippen LogP contribution in [0.3, 0.4) is 0 Å². The number of pyridine rings is 1. The Kier molecular flexibility index (Phi) is 6.80. The first-order valence-corrected chi connectivity index (χ1v) is 10.5. The van der Waals surface area contributed by atoms with E-state index in [1.165, 1.54) is 6.08 Å². The van der Waals surface area contributed by atoms with E-state index < -0.39 is 5.97 Å². The average molecular weight is 441 g/mol. The Bertz CT molecular complexity index is 1260. The third kappa shape index (κ3) is 5.86. The highest BCUT2D eigenvalue weighted by Gasteiger charge is 2.08. The van der Waals surface area contributed by atoms with Crippen LogP contribution in [0.2, 0.25) is 0 Å². The van der Waals surface area contributed by atoms with Crippen LogP contribution in [-0.2, 0) is 16.1 Å². The van der Waals surface area contributed by atoms with Gasteiger partial charge in [0.05, 0.1) is 12.3 Å². The van der Waals surface area contributed by atoms with E-state index in [0.717, 1.165) is 16.9 Å². The van der Waals surface area contributed by atoms with Crippen molar-refractivity contribution in [1.82, 2.24) is 9.38 Å². The molecule has 7 heteroatoms. The summed E-state index contributed by atoms with van der Waals surface area (Å²) in [5.74, 6) is -0.0553. The molecule has 4 rings (SSSR count). The van der Waals surface area contributed by atoms with Crippen LogP contribution in [-0.4, -0.2) is 27.9 Å². The van der Waals surface area contributed by atoms with Crippen LogP contribution < -0.4 is 10.1 Å². The van der Waals surface area contributed by atoms with Gasteiger partial charge in [-0.25, -0.2) is 9.78 Å². The highest BCUT2D eigenvalue weighted by atomic mass is 16.5. The molecule has 0 aliphatic rings. The first kappa shape index (κ1) is 21.8. The summed E-state index contributed by atoms with van der Waals surface area (Å²) in [6, 6.07) is 20.0. The minimum absolute atomic E-state index is 0.247. The minimum Gasteiger partial charge on any atom is -0.487 e. The average Bonchev–Trinajstić information content (AvgIpc) is 3.26. The molecule has 0 aliphatic heterocycles. The summed E-state index contributed by atoms with van der Waals surface area (Å²) in [4.78, 5) is 28.6. The van der Waals surface area contributed by atoms with Crippen LogP contribution in [0, 0.1) is 0 Å². The van der Waals surface area contributed by atoms with Gasteiger partial charge in [-0.3, -0.25) is 4.79 Å². The Hall–Kier alpha value is -4.39. The molecule has 1 N–H and O–H groups in total. The van der Waals surface area contributed by atoms with Crippen LogP contribution in [0.5, 0.6) is 5.75 Å². The Balaban J connectivity index is 1.35. The van der Waals surface area contributed by atoms with Gasteiger partial charge in [0.2, 0.25) is 0 Å². The second-order valence-corrected chi connectivity index (χ2v) is 7.18. The molecule has 33 heavy (non-hydrogen) atoms. The van der Waals surface area contributed by atoms with Crippen molar-refractivity contribution in [2.45, 2.75) is 13.5 Å². The van der Waals surface area contributed by atoms with Gasteiger partial charge in [-0.05, 0) is 61.0 Å². The summed E-state index contributed by atoms with van der Waals surface area (Å²) < 4.78 is 12.6. The van der Waals surface area contributed by atoms with Crippen molar-refractivity contribution in [1.29, 1.82) is 0 Å². The Morgan fingerprint density at radius 3 is 2.70 bits per heavy atom. The van der Waals surface area contributed by atoms with Crippen LogP contribution in [0.4, 0.5) is 5.69 Å². The lowest BCUT2D eigenvalue weighted by Gasteiger charge is -2.08. The van der Waals surface area contributed by atoms with Crippen molar-refractivity contribution in [3.63, 3.8) is 0 Å². The Morgan fingerprint density at radius 1 is 1.06 bits per heavy atom. The molecule has 0 aliphatic carbocycles. The molecule has 0 fully saturated rings. The monoisotopic (exact) mass is 441 g/mol. The van der Waals surface area contributed by atoms with Crippen LogP contribution in [0.25, 0.3) is 11.7 Å². The summed E-state index contributed by atoms with van der Waals surface area (Å²) in [5.41, 5.74) is 3.60. The SMILES string of the molecule is CCOC(=O)/C=C/c1ccc(NC(=O)c2cccc(OCc3cn4ccccc4n3)c2)cc1. The van der Waals surface area contributed by atoms with Gasteiger partial charge >= 0.3 is 5.97 Å². The number of carbonyl (C=O) groups is 2. The summed E-state index contributed by atoms with van der Waals surface area (Å²) in [6.07, 6.45) is 6.87. The molecule has 0 unspecified atom stereocenters. The fourth-order valence-corrected chi connectivity index (χ4v) is 3.18. The second kappa shape index (κ2) is 10.3. The molecule has 0 saturated heterocycles. The van der Waals surface area contributed by atoms with E-state index in [1.807, 2.05) is 35.0 Å². The van der Waals surface area contributed by atoms with Crippen LogP contribution in [0.15, 0.2) is 85.2 Å². The third-order valence-electron chi connectivity index (χ3n) is 4.76. The number of fused-ring (bicyclic) bond motifs is 1. The first-order chi connectivity index (χ1) is 16.1. The predicted octanol–water partition coefficient (Wildman–Crippen LogP) is 4.74. The molecule has 4 aromatic rings. The number of aromatic nitrogens is 2. The van der Waals surface area contributed by atoms with Crippen molar-refractivity contribution in [2.75, 3.05) is 11.9 Å². The maximum atomic E-state index is 12.7. The second-order valence-electron chi connectivity index (χ2n) is 7.18. The number of hydrogen-bond donors (Lipinski definition) is 1. The summed E-state index contributed by atoms with van der Waals surface area (Å²) in [7, 11) is 0. The zero-order valence-electron chi connectivity index (χ0n) is 18.1. The van der Waals surface area contributed by atoms with E-state index in [1.54, 1.807) is 61.5 Å². The Morgan fingerprint density at radius 2 is 1.91 bits per heavy atom. The molecule has 0 bridgehead atoms. The molecular formula is C26H23N3O4. The van der Waals surface area contributed by atoms with Gasteiger partial charge in [0.1, 0.15) is 18.0 Å². The molecule has 2 heterocycles. The Labute approximate surface area is 191 Å². The molecule has 7 nitrogen and oxygen atoms in total. The topological polar surface area (TPSA) is 81.9 Å². The van der Waals surface area contributed by atoms with Gasteiger partial charge in [0.15, 0.2) is 0 Å². The van der Waals surface area contributed by atoms with Gasteiger partial charge in [-0.2, -0.15) is 0 Å². The van der Waals surface area contributed by atoms with E-state index in [9.17, 15) is 9.59 Å². The van der Waals surface area contributed by atoms with Gasteiger partial charge < -0.3 is 19.2 Å². The number of hydrogen-bond acceptors (Lipinski definition) is 5. The van der Waals surface area contributed by atoms with E-state index in [0.29, 0.717) is 30.2 Å². The van der Waals surface area contributed by atoms with E-state index in [4.69, 9.17) is 9.47 Å². The molecule has 166 valence electrons. The van der Waals surface area contributed by atoms with Gasteiger partial charge in [-0.15, -0.1) is 0 Å². The zero-order chi connectivity index (χ0) is 23.0. The standard InChI is InChI=1S/C26H23N3O4/c1-2-32-25(30)14-11-19-9-12-21(13-10-19)28-26(31)20-6-5-7-23(16-20)33-18-22-17-29-15-4-3-8-24(29)27-22/h3-17H,2,18H2,1H3,(H,28,31)/b14-11+. The van der Waals surface area contributed by atoms with Crippen molar-refractivity contribution >= 4 is 29.3 Å². The lowest BCUT2D eigenvalue weighted by Crippen LogP contribution is -2.12. The molecule has 1 amide bonds. The van der Waals surface area contributed by atoms with Crippen molar-refractivity contribution in [3.05, 3.63) is 102 Å². The molecule has 2 aromatic carbocycles. The number of anilines is 1. The number of esters is 1. The van der Waals surface area contributed by atoms with E-state index >= 15 is 0 Å². The molecule has 0 saturated carbocycles. The van der Waals surface area contributed by atoms with Crippen LogP contribution in [0.1, 0.15) is 28.5 Å². The highest BCUT2D eigenvalue weighted by molar-refractivity contribution is 6.04. The largest absolute Gasteiger partial charge is 0.487 e. The van der Waals surface area contributed by atoms with Crippen LogP contribution >= 0.6 is 0 Å². The maximum absolute atomic E-state index is 12.7. The summed E-state index contributed by atoms with van der Waals surface area (Å²) >= 11 is 0. The van der Waals surface area contributed by atoms with Gasteiger partial charge in [-0.1, -0.05) is 24.3 Å². The van der Waals surface area contributed by atoms with Gasteiger partial charge in [0.25, 0.3) is 5.91 Å². The first-order valence-electron chi connectivity index (χ1n) is 10.5. The quantitative estimate of drug-likeness (QED) is 0.315. The maximum Gasteiger partial charge on any atom is 0.330 e. The fraction of sp³-hybridized carbons (Fsp3) is 0.115. The minimum atomic E-state index is -0.391. The van der Waals surface area contributed by atoms with Crippen molar-refractivity contribution in [2.24, 2.45) is 0 Å². The number of amides is 1. The fourth-order valence-electron chi connectivity index (χ4n) is 3.18. The molecule has 0 radical (unpaired) electrons. The number of benzene rings is 2. The smallest absolute Gasteiger partial charge is 0.330 e. The lowest BCUT2D eigenvalue weighted by molar-refractivity contribution is -0.137. The lowest BCUT2D eigenvalue weighted by atomic mass is 10.1. The zero-order valence-corrected chi connectivity index (χ0v) is 18.1.